The molecule has 1 aromatic carbocycles. The zero-order chi connectivity index (χ0) is 15.7. The average Bonchev–Trinajstić information content (AvgIpc) is 2.58. The van der Waals surface area contributed by atoms with Crippen LogP contribution in [0.1, 0.15) is 20.8 Å². The normalized spacial score (nSPS) is 16.0. The van der Waals surface area contributed by atoms with Crippen LogP contribution >= 0.6 is 0 Å². The molecule has 1 amide bonds. The fourth-order valence-corrected chi connectivity index (χ4v) is 3.23. The first-order valence-electron chi connectivity index (χ1n) is 6.55. The highest BCUT2D eigenvalue weighted by Crippen LogP contribution is 2.34. The summed E-state index contributed by atoms with van der Waals surface area (Å²) in [4.78, 5) is 11.5. The van der Waals surface area contributed by atoms with E-state index in [-0.39, 0.29) is 13.1 Å². The summed E-state index contributed by atoms with van der Waals surface area (Å²) in [6.45, 7) is 5.57. The minimum absolute atomic E-state index is 0.131. The Morgan fingerprint density at radius 1 is 1.33 bits per heavy atom. The Hall–Kier alpha value is -1.96. The molecule has 8 heteroatoms. The van der Waals surface area contributed by atoms with Crippen molar-refractivity contribution in [2.24, 2.45) is 0 Å². The second kappa shape index (κ2) is 5.44. The number of amides is 1. The Kier molecular flexibility index (Phi) is 3.99. The minimum Gasteiger partial charge on any atom is -0.444 e. The Labute approximate surface area is 124 Å². The standard InChI is InChI=1S/C13H19N3O4S/c1-13(2,3)20-12(17)14-8-9-16-11-7-5-4-6-10(11)15-21(16,18)19/h4-7,15H,8-9H2,1-3H3,(H,14,17). The van der Waals surface area contributed by atoms with Gasteiger partial charge in [0, 0.05) is 6.54 Å². The van der Waals surface area contributed by atoms with E-state index in [4.69, 9.17) is 4.74 Å². The van der Waals surface area contributed by atoms with Gasteiger partial charge in [0.25, 0.3) is 0 Å². The molecule has 0 radical (unpaired) electrons. The largest absolute Gasteiger partial charge is 0.444 e. The first-order valence-corrected chi connectivity index (χ1v) is 7.99. The third kappa shape index (κ3) is 3.78. The van der Waals surface area contributed by atoms with E-state index >= 15 is 0 Å². The van der Waals surface area contributed by atoms with E-state index in [9.17, 15) is 13.2 Å². The number of nitrogens with one attached hydrogen (secondary N) is 2. The van der Waals surface area contributed by atoms with Crippen molar-refractivity contribution in [2.75, 3.05) is 22.1 Å². The number of carbonyl (C=O) groups is 1. The number of hydrogen-bond acceptors (Lipinski definition) is 4. The summed E-state index contributed by atoms with van der Waals surface area (Å²) in [5.74, 6) is 0. The van der Waals surface area contributed by atoms with E-state index < -0.39 is 21.9 Å². The van der Waals surface area contributed by atoms with Gasteiger partial charge in [0.2, 0.25) is 0 Å². The summed E-state index contributed by atoms with van der Waals surface area (Å²) in [5.41, 5.74) is 0.524. The average molecular weight is 313 g/mol. The van der Waals surface area contributed by atoms with Crippen molar-refractivity contribution in [3.8, 4) is 0 Å². The molecular weight excluding hydrogens is 294 g/mol. The van der Waals surface area contributed by atoms with Gasteiger partial charge in [-0.25, -0.2) is 9.10 Å². The van der Waals surface area contributed by atoms with Gasteiger partial charge in [-0.3, -0.25) is 4.72 Å². The molecule has 0 unspecified atom stereocenters. The number of alkyl carbamates (subject to hydrolysis) is 1. The number of anilines is 2. The summed E-state index contributed by atoms with van der Waals surface area (Å²) >= 11 is 0. The molecule has 1 aliphatic rings. The predicted molar refractivity (Wildman–Crippen MR) is 80.6 cm³/mol. The summed E-state index contributed by atoms with van der Waals surface area (Å²) in [6.07, 6.45) is -0.569. The third-order valence-corrected chi connectivity index (χ3v) is 4.12. The van der Waals surface area contributed by atoms with Crippen molar-refractivity contribution in [3.63, 3.8) is 0 Å². The number of nitrogens with zero attached hydrogens (tertiary/aromatic N) is 1. The highest BCUT2D eigenvalue weighted by Gasteiger charge is 2.31. The summed E-state index contributed by atoms with van der Waals surface area (Å²) in [5, 5.41) is 2.54. The zero-order valence-corrected chi connectivity index (χ0v) is 13.0. The van der Waals surface area contributed by atoms with Crippen LogP contribution in [0.5, 0.6) is 0 Å². The monoisotopic (exact) mass is 313 g/mol. The fourth-order valence-electron chi connectivity index (χ4n) is 1.92. The van der Waals surface area contributed by atoms with E-state index in [0.29, 0.717) is 11.4 Å². The molecule has 0 spiro atoms. The summed E-state index contributed by atoms with van der Waals surface area (Å²) < 4.78 is 32.8. The predicted octanol–water partition coefficient (Wildman–Crippen LogP) is 1.69. The highest BCUT2D eigenvalue weighted by atomic mass is 32.2. The molecule has 21 heavy (non-hydrogen) atoms. The van der Waals surface area contributed by atoms with Gasteiger partial charge in [0.1, 0.15) is 5.60 Å². The molecule has 1 aromatic rings. The van der Waals surface area contributed by atoms with Crippen molar-refractivity contribution in [2.45, 2.75) is 26.4 Å². The Morgan fingerprint density at radius 2 is 2.00 bits per heavy atom. The Morgan fingerprint density at radius 3 is 2.67 bits per heavy atom. The molecule has 2 rings (SSSR count). The molecule has 2 N–H and O–H groups in total. The maximum absolute atomic E-state index is 12.0. The molecular formula is C13H19N3O4S. The lowest BCUT2D eigenvalue weighted by Gasteiger charge is -2.21. The van der Waals surface area contributed by atoms with Crippen LogP contribution < -0.4 is 14.3 Å². The highest BCUT2D eigenvalue weighted by molar-refractivity contribution is 7.94. The molecule has 0 bridgehead atoms. The number of ether oxygens (including phenoxy) is 1. The molecule has 7 nitrogen and oxygen atoms in total. The van der Waals surface area contributed by atoms with Crippen LogP contribution in [-0.4, -0.2) is 33.2 Å². The smallest absolute Gasteiger partial charge is 0.407 e. The Bertz CT molecular complexity index is 637. The molecule has 0 aromatic heterocycles. The maximum atomic E-state index is 12.0. The minimum atomic E-state index is -3.59. The molecule has 0 atom stereocenters. The van der Waals surface area contributed by atoms with E-state index in [0.717, 1.165) is 0 Å². The number of rotatable bonds is 3. The van der Waals surface area contributed by atoms with E-state index in [1.54, 1.807) is 45.0 Å². The number of carbonyl (C=O) groups excluding carboxylic acids is 1. The van der Waals surface area contributed by atoms with Gasteiger partial charge < -0.3 is 10.1 Å². The van der Waals surface area contributed by atoms with Crippen LogP contribution in [0.15, 0.2) is 24.3 Å². The van der Waals surface area contributed by atoms with Crippen LogP contribution in [0.2, 0.25) is 0 Å². The van der Waals surface area contributed by atoms with Crippen LogP contribution in [0.25, 0.3) is 0 Å². The first kappa shape index (κ1) is 15.4. The molecule has 0 fully saturated rings. The van der Waals surface area contributed by atoms with Gasteiger partial charge in [-0.05, 0) is 32.9 Å². The number of benzene rings is 1. The van der Waals surface area contributed by atoms with Gasteiger partial charge in [0.05, 0.1) is 17.9 Å². The van der Waals surface area contributed by atoms with E-state index in [2.05, 4.69) is 10.0 Å². The van der Waals surface area contributed by atoms with Gasteiger partial charge in [-0.15, -0.1) is 0 Å². The lowest BCUT2D eigenvalue weighted by molar-refractivity contribution is 0.0529. The number of fused-ring (bicyclic) bond motifs is 1. The van der Waals surface area contributed by atoms with Crippen molar-refractivity contribution >= 4 is 27.7 Å². The number of para-hydroxylation sites is 2. The lowest BCUT2D eigenvalue weighted by atomic mass is 10.2. The van der Waals surface area contributed by atoms with Crippen LogP contribution in [0.3, 0.4) is 0 Å². The lowest BCUT2D eigenvalue weighted by Crippen LogP contribution is -2.39. The van der Waals surface area contributed by atoms with Crippen LogP contribution in [0, 0.1) is 0 Å². The first-order chi connectivity index (χ1) is 9.69. The molecule has 0 aliphatic carbocycles. The van der Waals surface area contributed by atoms with Crippen molar-refractivity contribution in [3.05, 3.63) is 24.3 Å². The molecule has 1 heterocycles. The maximum Gasteiger partial charge on any atom is 0.407 e. The van der Waals surface area contributed by atoms with Gasteiger partial charge >= 0.3 is 16.3 Å². The van der Waals surface area contributed by atoms with Crippen LogP contribution in [0.4, 0.5) is 16.2 Å². The molecule has 0 saturated carbocycles. The quantitative estimate of drug-likeness (QED) is 0.889. The van der Waals surface area contributed by atoms with E-state index in [1.807, 2.05) is 0 Å². The molecule has 1 aliphatic heterocycles. The fraction of sp³-hybridized carbons (Fsp3) is 0.462. The van der Waals surface area contributed by atoms with Gasteiger partial charge in [0.15, 0.2) is 0 Å². The van der Waals surface area contributed by atoms with Gasteiger partial charge in [-0.1, -0.05) is 12.1 Å². The third-order valence-electron chi connectivity index (χ3n) is 2.68. The van der Waals surface area contributed by atoms with E-state index in [1.165, 1.54) is 4.31 Å². The molecule has 0 saturated heterocycles. The summed E-state index contributed by atoms with van der Waals surface area (Å²) in [7, 11) is -3.59. The topological polar surface area (TPSA) is 87.7 Å². The van der Waals surface area contributed by atoms with Crippen LogP contribution in [-0.2, 0) is 14.9 Å². The SMILES string of the molecule is CC(C)(C)OC(=O)NCCN1c2ccccc2NS1(=O)=O. The van der Waals surface area contributed by atoms with Gasteiger partial charge in [-0.2, -0.15) is 8.42 Å². The van der Waals surface area contributed by atoms with Crippen molar-refractivity contribution in [1.82, 2.24) is 5.32 Å². The summed E-state index contributed by atoms with van der Waals surface area (Å²) in [6, 6.07) is 6.91. The second-order valence-electron chi connectivity index (χ2n) is 5.63. The second-order valence-corrected chi connectivity index (χ2v) is 7.22. The van der Waals surface area contributed by atoms with Crippen molar-refractivity contribution < 1.29 is 17.9 Å². The Balaban J connectivity index is 1.96. The number of hydrogen-bond donors (Lipinski definition) is 2. The molecule has 116 valence electrons. The zero-order valence-electron chi connectivity index (χ0n) is 12.2. The van der Waals surface area contributed by atoms with Crippen molar-refractivity contribution in [1.29, 1.82) is 0 Å².